The van der Waals surface area contributed by atoms with Crippen LogP contribution in [0.1, 0.15) is 25.8 Å². The molecule has 0 unspecified atom stereocenters. The van der Waals surface area contributed by atoms with Gasteiger partial charge in [0, 0.05) is 25.6 Å². The highest BCUT2D eigenvalue weighted by molar-refractivity contribution is 7.14. The van der Waals surface area contributed by atoms with Crippen LogP contribution in [0, 0.1) is 11.3 Å². The van der Waals surface area contributed by atoms with E-state index in [0.29, 0.717) is 36.2 Å². The molecule has 1 fully saturated rings. The SMILES string of the molecule is C[C@@H]1CO[C@@H](C)CN1CCC(=O)Nc1sccc1C#N. The van der Waals surface area contributed by atoms with Gasteiger partial charge in [0.1, 0.15) is 11.1 Å². The Morgan fingerprint density at radius 3 is 3.20 bits per heavy atom. The van der Waals surface area contributed by atoms with Crippen LogP contribution in [0.15, 0.2) is 11.4 Å². The van der Waals surface area contributed by atoms with Gasteiger partial charge >= 0.3 is 0 Å². The van der Waals surface area contributed by atoms with E-state index in [-0.39, 0.29) is 12.0 Å². The lowest BCUT2D eigenvalue weighted by Crippen LogP contribution is -2.48. The number of hydrogen-bond acceptors (Lipinski definition) is 5. The second kappa shape index (κ2) is 6.84. The predicted octanol–water partition coefficient (Wildman–Crippen LogP) is 2.06. The van der Waals surface area contributed by atoms with Crippen molar-refractivity contribution < 1.29 is 9.53 Å². The van der Waals surface area contributed by atoms with Crippen molar-refractivity contribution in [3.05, 3.63) is 17.0 Å². The monoisotopic (exact) mass is 293 g/mol. The molecular weight excluding hydrogens is 274 g/mol. The highest BCUT2D eigenvalue weighted by Crippen LogP contribution is 2.22. The first-order valence-corrected chi connectivity index (χ1v) is 7.61. The largest absolute Gasteiger partial charge is 0.376 e. The van der Waals surface area contributed by atoms with Gasteiger partial charge in [-0.05, 0) is 25.3 Å². The van der Waals surface area contributed by atoms with E-state index in [1.807, 2.05) is 6.92 Å². The lowest BCUT2D eigenvalue weighted by Gasteiger charge is -2.36. The van der Waals surface area contributed by atoms with Gasteiger partial charge in [-0.1, -0.05) is 0 Å². The molecule has 2 heterocycles. The number of carbonyl (C=O) groups excluding carboxylic acids is 1. The molecule has 0 aromatic carbocycles. The van der Waals surface area contributed by atoms with E-state index in [1.54, 1.807) is 11.4 Å². The van der Waals surface area contributed by atoms with E-state index in [2.05, 4.69) is 23.2 Å². The number of anilines is 1. The molecule has 1 saturated heterocycles. The summed E-state index contributed by atoms with van der Waals surface area (Å²) in [6.07, 6.45) is 0.650. The molecule has 5 nitrogen and oxygen atoms in total. The van der Waals surface area contributed by atoms with Crippen molar-refractivity contribution in [1.29, 1.82) is 5.26 Å². The smallest absolute Gasteiger partial charge is 0.226 e. The van der Waals surface area contributed by atoms with Gasteiger partial charge in [0.2, 0.25) is 5.91 Å². The van der Waals surface area contributed by atoms with E-state index >= 15 is 0 Å². The number of nitriles is 1. The number of nitrogens with one attached hydrogen (secondary N) is 1. The van der Waals surface area contributed by atoms with Crippen molar-refractivity contribution in [1.82, 2.24) is 4.90 Å². The summed E-state index contributed by atoms with van der Waals surface area (Å²) in [6.45, 7) is 6.44. The Morgan fingerprint density at radius 1 is 1.65 bits per heavy atom. The fraction of sp³-hybridized carbons (Fsp3) is 0.571. The van der Waals surface area contributed by atoms with Crippen LogP contribution in [0.3, 0.4) is 0 Å². The van der Waals surface area contributed by atoms with Crippen LogP contribution < -0.4 is 5.32 Å². The van der Waals surface area contributed by atoms with E-state index in [0.717, 1.165) is 6.54 Å². The van der Waals surface area contributed by atoms with Crippen molar-refractivity contribution in [3.63, 3.8) is 0 Å². The van der Waals surface area contributed by atoms with Crippen LogP contribution in [0.5, 0.6) is 0 Å². The molecule has 0 bridgehead atoms. The number of carbonyl (C=O) groups is 1. The van der Waals surface area contributed by atoms with E-state index in [9.17, 15) is 4.79 Å². The number of morpholine rings is 1. The molecule has 2 atom stereocenters. The number of thiophene rings is 1. The second-order valence-corrected chi connectivity index (χ2v) is 5.98. The molecule has 1 aromatic heterocycles. The standard InChI is InChI=1S/C14H19N3O2S/c1-10-9-19-11(2)8-17(10)5-3-13(18)16-14-12(7-15)4-6-20-14/h4,6,10-11H,3,5,8-9H2,1-2H3,(H,16,18)/t10-,11+/m1/s1. The van der Waals surface area contributed by atoms with Crippen LogP contribution in [0.25, 0.3) is 0 Å². The van der Waals surface area contributed by atoms with Gasteiger partial charge in [-0.3, -0.25) is 9.69 Å². The summed E-state index contributed by atoms with van der Waals surface area (Å²) in [5.41, 5.74) is 0.525. The molecule has 2 rings (SSSR count). The zero-order valence-electron chi connectivity index (χ0n) is 11.8. The van der Waals surface area contributed by atoms with Crippen LogP contribution in [0.4, 0.5) is 5.00 Å². The maximum atomic E-state index is 11.9. The molecule has 1 N–H and O–H groups in total. The lowest BCUT2D eigenvalue weighted by atomic mass is 10.2. The molecule has 0 radical (unpaired) electrons. The summed E-state index contributed by atoms with van der Waals surface area (Å²) in [4.78, 5) is 14.2. The van der Waals surface area contributed by atoms with Gasteiger partial charge < -0.3 is 10.1 Å². The first-order valence-electron chi connectivity index (χ1n) is 6.73. The molecular formula is C14H19N3O2S. The number of amides is 1. The van der Waals surface area contributed by atoms with E-state index in [1.165, 1.54) is 11.3 Å². The van der Waals surface area contributed by atoms with Gasteiger partial charge in [-0.2, -0.15) is 5.26 Å². The van der Waals surface area contributed by atoms with Crippen molar-refractivity contribution >= 4 is 22.2 Å². The molecule has 108 valence electrons. The molecule has 1 aliphatic rings. The Morgan fingerprint density at radius 2 is 2.45 bits per heavy atom. The zero-order chi connectivity index (χ0) is 14.5. The summed E-state index contributed by atoms with van der Waals surface area (Å²) in [7, 11) is 0. The molecule has 0 spiro atoms. The van der Waals surface area contributed by atoms with Crippen molar-refractivity contribution in [2.24, 2.45) is 0 Å². The second-order valence-electron chi connectivity index (χ2n) is 5.06. The molecule has 1 amide bonds. The van der Waals surface area contributed by atoms with Crippen LogP contribution in [0.2, 0.25) is 0 Å². The number of rotatable bonds is 4. The predicted molar refractivity (Wildman–Crippen MR) is 78.7 cm³/mol. The fourth-order valence-corrected chi connectivity index (χ4v) is 2.97. The summed E-state index contributed by atoms with van der Waals surface area (Å²) >= 11 is 1.38. The topological polar surface area (TPSA) is 65.4 Å². The third kappa shape index (κ3) is 3.79. The van der Waals surface area contributed by atoms with Crippen molar-refractivity contribution in [3.8, 4) is 6.07 Å². The van der Waals surface area contributed by atoms with Crippen LogP contribution in [-0.4, -0.2) is 42.6 Å². The lowest BCUT2D eigenvalue weighted by molar-refractivity contribution is -0.117. The Balaban J connectivity index is 1.82. The summed E-state index contributed by atoms with van der Waals surface area (Å²) in [5.74, 6) is -0.0460. The van der Waals surface area contributed by atoms with Crippen molar-refractivity contribution in [2.45, 2.75) is 32.4 Å². The third-order valence-electron chi connectivity index (χ3n) is 3.40. The molecule has 20 heavy (non-hydrogen) atoms. The Kier molecular flexibility index (Phi) is 5.12. The fourth-order valence-electron chi connectivity index (χ4n) is 2.21. The summed E-state index contributed by atoms with van der Waals surface area (Å²) < 4.78 is 5.57. The van der Waals surface area contributed by atoms with Gasteiger partial charge in [-0.25, -0.2) is 0 Å². The van der Waals surface area contributed by atoms with Gasteiger partial charge in [0.05, 0.1) is 18.3 Å². The Hall–Kier alpha value is -1.42. The van der Waals surface area contributed by atoms with E-state index in [4.69, 9.17) is 10.00 Å². The van der Waals surface area contributed by atoms with Crippen LogP contribution >= 0.6 is 11.3 Å². The Bertz CT molecular complexity index is 509. The van der Waals surface area contributed by atoms with Crippen molar-refractivity contribution in [2.75, 3.05) is 25.0 Å². The number of nitrogens with zero attached hydrogens (tertiary/aromatic N) is 2. The maximum Gasteiger partial charge on any atom is 0.226 e. The minimum Gasteiger partial charge on any atom is -0.376 e. The highest BCUT2D eigenvalue weighted by Gasteiger charge is 2.23. The first kappa shape index (κ1) is 15.0. The molecule has 1 aliphatic heterocycles. The van der Waals surface area contributed by atoms with Gasteiger partial charge in [0.15, 0.2) is 0 Å². The molecule has 6 heteroatoms. The van der Waals surface area contributed by atoms with Gasteiger partial charge in [-0.15, -0.1) is 11.3 Å². The zero-order valence-corrected chi connectivity index (χ0v) is 12.6. The highest BCUT2D eigenvalue weighted by atomic mass is 32.1. The first-order chi connectivity index (χ1) is 9.60. The maximum absolute atomic E-state index is 11.9. The average molecular weight is 293 g/mol. The quantitative estimate of drug-likeness (QED) is 0.923. The molecule has 0 aliphatic carbocycles. The normalized spacial score (nSPS) is 23.2. The Labute approximate surface area is 123 Å². The summed E-state index contributed by atoms with van der Waals surface area (Å²) in [5, 5.41) is 14.2. The number of hydrogen-bond donors (Lipinski definition) is 1. The minimum absolute atomic E-state index is 0.0460. The summed E-state index contributed by atoms with van der Waals surface area (Å²) in [6, 6.07) is 4.13. The molecule has 0 saturated carbocycles. The minimum atomic E-state index is -0.0460. The number of ether oxygens (including phenoxy) is 1. The molecule has 1 aromatic rings. The van der Waals surface area contributed by atoms with Gasteiger partial charge in [0.25, 0.3) is 0 Å². The third-order valence-corrected chi connectivity index (χ3v) is 4.23. The average Bonchev–Trinajstić information content (AvgIpc) is 2.87. The van der Waals surface area contributed by atoms with E-state index < -0.39 is 0 Å². The van der Waals surface area contributed by atoms with Crippen LogP contribution in [-0.2, 0) is 9.53 Å².